The van der Waals surface area contributed by atoms with E-state index in [0.717, 1.165) is 5.56 Å². The summed E-state index contributed by atoms with van der Waals surface area (Å²) in [6, 6.07) is 13.6. The molecule has 0 amide bonds. The number of anilines is 1. The summed E-state index contributed by atoms with van der Waals surface area (Å²) in [5.41, 5.74) is 1.62. The van der Waals surface area contributed by atoms with Gasteiger partial charge < -0.3 is 10.4 Å². The largest absolute Gasteiger partial charge is 0.733 e. The predicted molar refractivity (Wildman–Crippen MR) is 72.8 cm³/mol. The molecule has 5 heteroatoms. The van der Waals surface area contributed by atoms with Crippen LogP contribution in [0.15, 0.2) is 53.5 Å². The molecule has 2 rings (SSSR count). The van der Waals surface area contributed by atoms with Gasteiger partial charge in [0.15, 0.2) is 0 Å². The van der Waals surface area contributed by atoms with E-state index in [9.17, 15) is 5.21 Å². The third-order valence-electron chi connectivity index (χ3n) is 2.28. The highest BCUT2D eigenvalue weighted by Crippen LogP contribution is 2.20. The molecule has 1 N–H and O–H groups in total. The fourth-order valence-electron chi connectivity index (χ4n) is 1.39. The summed E-state index contributed by atoms with van der Waals surface area (Å²) >= 11 is 5.77. The van der Waals surface area contributed by atoms with Crippen molar-refractivity contribution in [3.63, 3.8) is 0 Å². The highest BCUT2D eigenvalue weighted by molar-refractivity contribution is 6.30. The minimum absolute atomic E-state index is 0.140. The monoisotopic (exact) mass is 261 g/mol. The molecule has 0 fully saturated rings. The Balaban J connectivity index is 2.18. The molecule has 0 atom stereocenters. The predicted octanol–water partition coefficient (Wildman–Crippen LogP) is 3.78. The second kappa shape index (κ2) is 5.64. The van der Waals surface area contributed by atoms with Crippen molar-refractivity contribution in [1.82, 2.24) is 0 Å². The maximum absolute atomic E-state index is 10.7. The lowest BCUT2D eigenvalue weighted by molar-refractivity contribution is 0.296. The van der Waals surface area contributed by atoms with Crippen molar-refractivity contribution in [3.05, 3.63) is 64.3 Å². The lowest BCUT2D eigenvalue weighted by Crippen LogP contribution is -2.06. The maximum Gasteiger partial charge on any atom is 0.0651 e. The minimum Gasteiger partial charge on any atom is -0.733 e. The molecule has 0 spiro atoms. The Morgan fingerprint density at radius 2 is 1.89 bits per heavy atom. The number of hydrogen-bond donors (Lipinski definition) is 1. The van der Waals surface area contributed by atoms with Gasteiger partial charge in [-0.1, -0.05) is 29.8 Å². The molecule has 4 nitrogen and oxygen atoms in total. The number of nitrogens with zero attached hydrogens (tertiary/aromatic N) is 2. The zero-order valence-electron chi connectivity index (χ0n) is 9.32. The lowest BCUT2D eigenvalue weighted by Gasteiger charge is -2.21. The van der Waals surface area contributed by atoms with E-state index < -0.39 is 0 Å². The molecule has 92 valence electrons. The van der Waals surface area contributed by atoms with E-state index in [1.807, 2.05) is 12.1 Å². The number of rotatable bonds is 3. The molecule has 0 aliphatic heterocycles. The molecule has 0 aromatic heterocycles. The summed E-state index contributed by atoms with van der Waals surface area (Å²) in [6.07, 6.45) is 1.65. The van der Waals surface area contributed by atoms with Crippen molar-refractivity contribution in [3.8, 4) is 0 Å². The van der Waals surface area contributed by atoms with Gasteiger partial charge in [0.05, 0.1) is 11.4 Å². The van der Waals surface area contributed by atoms with Gasteiger partial charge in [-0.2, -0.15) is 0 Å². The van der Waals surface area contributed by atoms with E-state index in [1.165, 1.54) is 12.1 Å². The Labute approximate surface area is 109 Å². The molecule has 0 heterocycles. The first-order valence-corrected chi connectivity index (χ1v) is 5.59. The van der Waals surface area contributed by atoms with Crippen LogP contribution in [0.3, 0.4) is 0 Å². The minimum atomic E-state index is -0.193. The van der Waals surface area contributed by atoms with Crippen molar-refractivity contribution in [2.75, 3.05) is 5.23 Å². The van der Waals surface area contributed by atoms with Crippen LogP contribution in [-0.4, -0.2) is 11.4 Å². The summed E-state index contributed by atoms with van der Waals surface area (Å²) in [4.78, 5) is 4.20. The normalized spacial score (nSPS) is 10.8. The molecule has 0 aliphatic carbocycles. The van der Waals surface area contributed by atoms with E-state index >= 15 is 0 Å². The van der Waals surface area contributed by atoms with Crippen LogP contribution < -0.4 is 5.23 Å². The van der Waals surface area contributed by atoms with Gasteiger partial charge in [-0.3, -0.25) is 10.2 Å². The van der Waals surface area contributed by atoms with Gasteiger partial charge in [0.1, 0.15) is 0 Å². The van der Waals surface area contributed by atoms with Crippen LogP contribution in [0.2, 0.25) is 5.02 Å². The van der Waals surface area contributed by atoms with Crippen LogP contribution in [-0.2, 0) is 0 Å². The van der Waals surface area contributed by atoms with Gasteiger partial charge in [0.2, 0.25) is 0 Å². The Bertz CT molecular complexity index is 553. The zero-order chi connectivity index (χ0) is 13.0. The molecule has 0 radical (unpaired) electrons. The molecular weight excluding hydrogens is 252 g/mol. The Kier molecular flexibility index (Phi) is 3.94. The molecule has 0 unspecified atom stereocenters. The van der Waals surface area contributed by atoms with Crippen LogP contribution in [0, 0.1) is 5.21 Å². The Morgan fingerprint density at radius 3 is 2.56 bits per heavy atom. The van der Waals surface area contributed by atoms with Gasteiger partial charge >= 0.3 is 0 Å². The Hall–Kier alpha value is -1.88. The first-order chi connectivity index (χ1) is 8.65. The van der Waals surface area contributed by atoms with Crippen LogP contribution >= 0.6 is 11.6 Å². The van der Waals surface area contributed by atoms with Crippen molar-refractivity contribution in [2.45, 2.75) is 0 Å². The van der Waals surface area contributed by atoms with Crippen LogP contribution in [0.1, 0.15) is 5.56 Å². The second-order valence-corrected chi connectivity index (χ2v) is 4.04. The summed E-state index contributed by atoms with van der Waals surface area (Å²) in [6.45, 7) is 0. The van der Waals surface area contributed by atoms with Crippen molar-refractivity contribution in [1.29, 1.82) is 0 Å². The van der Waals surface area contributed by atoms with Gasteiger partial charge in [-0.15, -0.1) is 0 Å². The lowest BCUT2D eigenvalue weighted by atomic mass is 10.2. The van der Waals surface area contributed by atoms with Gasteiger partial charge in [-0.25, -0.2) is 0 Å². The first-order valence-electron chi connectivity index (χ1n) is 5.21. The average Bonchev–Trinajstić information content (AvgIpc) is 2.38. The molecule has 2 aromatic rings. The molecular formula is C13H10ClN2O2-. The van der Waals surface area contributed by atoms with Crippen LogP contribution in [0.5, 0.6) is 0 Å². The van der Waals surface area contributed by atoms with Crippen molar-refractivity contribution >= 4 is 29.2 Å². The molecule has 0 bridgehead atoms. The number of hydrogen-bond acceptors (Lipinski definition) is 4. The molecule has 0 aliphatic rings. The average molecular weight is 262 g/mol. The number of benzene rings is 2. The fraction of sp³-hybridized carbons (Fsp3) is 0. The van der Waals surface area contributed by atoms with Crippen molar-refractivity contribution < 1.29 is 5.21 Å². The molecule has 2 aromatic carbocycles. The fourth-order valence-corrected chi connectivity index (χ4v) is 1.52. The smallest absolute Gasteiger partial charge is 0.0651 e. The van der Waals surface area contributed by atoms with E-state index in [1.54, 1.807) is 30.5 Å². The van der Waals surface area contributed by atoms with Gasteiger partial charge in [0, 0.05) is 11.2 Å². The van der Waals surface area contributed by atoms with E-state index in [0.29, 0.717) is 10.7 Å². The zero-order valence-corrected chi connectivity index (χ0v) is 10.1. The number of halogens is 1. The third kappa shape index (κ3) is 3.30. The second-order valence-electron chi connectivity index (χ2n) is 3.60. The standard InChI is InChI=1S/C13H10ClN2O2/c14-11-6-4-10(5-7-11)9-15-12-2-1-3-13(8-12)16(17)18/h1-9,17H/q-1. The maximum atomic E-state index is 10.7. The van der Waals surface area contributed by atoms with E-state index in [-0.39, 0.29) is 10.9 Å². The van der Waals surface area contributed by atoms with Crippen LogP contribution in [0.25, 0.3) is 0 Å². The van der Waals surface area contributed by atoms with E-state index in [2.05, 4.69) is 4.99 Å². The summed E-state index contributed by atoms with van der Waals surface area (Å²) in [5.74, 6) is 0. The quantitative estimate of drug-likeness (QED) is 0.676. The third-order valence-corrected chi connectivity index (χ3v) is 2.54. The topological polar surface area (TPSA) is 58.9 Å². The highest BCUT2D eigenvalue weighted by Gasteiger charge is 1.94. The molecule has 18 heavy (non-hydrogen) atoms. The van der Waals surface area contributed by atoms with E-state index in [4.69, 9.17) is 16.8 Å². The van der Waals surface area contributed by atoms with Crippen molar-refractivity contribution in [2.24, 2.45) is 4.99 Å². The number of aliphatic imine (C=N–C) groups is 1. The first kappa shape index (κ1) is 12.6. The highest BCUT2D eigenvalue weighted by atomic mass is 35.5. The summed E-state index contributed by atoms with van der Waals surface area (Å²) in [7, 11) is 0. The SMILES string of the molecule is [O-]N(O)c1cccc(N=Cc2ccc(Cl)cc2)c1. The summed E-state index contributed by atoms with van der Waals surface area (Å²) < 4.78 is 0. The van der Waals surface area contributed by atoms with Crippen LogP contribution in [0.4, 0.5) is 11.4 Å². The molecule has 0 saturated heterocycles. The Morgan fingerprint density at radius 1 is 1.17 bits per heavy atom. The van der Waals surface area contributed by atoms with Gasteiger partial charge in [0.25, 0.3) is 0 Å². The van der Waals surface area contributed by atoms with Gasteiger partial charge in [-0.05, 0) is 35.9 Å². The molecule has 0 saturated carbocycles. The summed E-state index contributed by atoms with van der Waals surface area (Å²) in [5, 5.41) is 20.0.